The van der Waals surface area contributed by atoms with Crippen LogP contribution in [0, 0.1) is 29.4 Å². The van der Waals surface area contributed by atoms with Gasteiger partial charge in [0.2, 0.25) is 0 Å². The number of hydrogen-bond donors (Lipinski definition) is 0. The number of hydrogen-bond acceptors (Lipinski definition) is 4. The summed E-state index contributed by atoms with van der Waals surface area (Å²) < 4.78 is 2.43. The van der Waals surface area contributed by atoms with Crippen LogP contribution in [-0.4, -0.2) is 19.1 Å². The van der Waals surface area contributed by atoms with Crippen LogP contribution in [0.1, 0.15) is 5.69 Å². The van der Waals surface area contributed by atoms with Gasteiger partial charge in [-0.2, -0.15) is 9.61 Å². The second kappa shape index (κ2) is 3.75. The molecule has 2 rings (SSSR count). The van der Waals surface area contributed by atoms with Crippen molar-refractivity contribution in [2.75, 3.05) is 0 Å². The molecule has 2 heterocycles. The standard InChI is InChI=1S/C10H8N4O3/c1-3-4-12-6-8(14(16)17)10(15)13-9(12)5-7(2)11-13/h1,5-6H,4H2,2H3. The van der Waals surface area contributed by atoms with E-state index in [-0.39, 0.29) is 6.54 Å². The Hall–Kier alpha value is -2.62. The molecule has 0 unspecified atom stereocenters. The molecular formula is C10H8N4O3. The SMILES string of the molecule is C#CCn1cc([N+](=O)[O-])c(=O)n2nc(C)cc12. The lowest BCUT2D eigenvalue weighted by molar-refractivity contribution is -0.386. The van der Waals surface area contributed by atoms with Crippen molar-refractivity contribution in [3.8, 4) is 12.3 Å². The van der Waals surface area contributed by atoms with Crippen molar-refractivity contribution in [3.05, 3.63) is 38.4 Å². The van der Waals surface area contributed by atoms with E-state index in [1.165, 1.54) is 4.57 Å². The largest absolute Gasteiger partial charge is 0.352 e. The molecule has 0 radical (unpaired) electrons. The summed E-state index contributed by atoms with van der Waals surface area (Å²) in [6, 6.07) is 1.64. The zero-order valence-corrected chi connectivity index (χ0v) is 8.95. The summed E-state index contributed by atoms with van der Waals surface area (Å²) in [4.78, 5) is 21.7. The molecule has 0 spiro atoms. The van der Waals surface area contributed by atoms with Crippen molar-refractivity contribution in [3.63, 3.8) is 0 Å². The van der Waals surface area contributed by atoms with Crippen molar-refractivity contribution in [2.45, 2.75) is 13.5 Å². The molecule has 0 amide bonds. The number of rotatable bonds is 2. The van der Waals surface area contributed by atoms with Gasteiger partial charge in [-0.15, -0.1) is 6.42 Å². The van der Waals surface area contributed by atoms with E-state index in [0.29, 0.717) is 11.3 Å². The van der Waals surface area contributed by atoms with E-state index in [2.05, 4.69) is 11.0 Å². The Kier molecular flexibility index (Phi) is 2.40. The lowest BCUT2D eigenvalue weighted by Crippen LogP contribution is -2.21. The Labute approximate surface area is 95.4 Å². The normalized spacial score (nSPS) is 10.4. The Morgan fingerprint density at radius 1 is 1.65 bits per heavy atom. The average Bonchev–Trinajstić information content (AvgIpc) is 2.64. The Bertz CT molecular complexity index is 705. The van der Waals surface area contributed by atoms with Gasteiger partial charge in [-0.1, -0.05) is 5.92 Å². The number of terminal acetylenes is 1. The first kappa shape index (κ1) is 10.9. The molecule has 2 aromatic rings. The minimum atomic E-state index is -0.758. The average molecular weight is 232 g/mol. The van der Waals surface area contributed by atoms with Gasteiger partial charge in [0.05, 0.1) is 23.4 Å². The van der Waals surface area contributed by atoms with Gasteiger partial charge in [-0.25, -0.2) is 0 Å². The monoisotopic (exact) mass is 232 g/mol. The van der Waals surface area contributed by atoms with Crippen molar-refractivity contribution in [2.24, 2.45) is 0 Å². The second-order valence-electron chi connectivity index (χ2n) is 3.46. The minimum absolute atomic E-state index is 0.135. The highest BCUT2D eigenvalue weighted by atomic mass is 16.6. The topological polar surface area (TPSA) is 82.4 Å². The Balaban J connectivity index is 2.90. The second-order valence-corrected chi connectivity index (χ2v) is 3.46. The van der Waals surface area contributed by atoms with Crippen LogP contribution in [0.5, 0.6) is 0 Å². The maximum Gasteiger partial charge on any atom is 0.352 e. The molecule has 7 heteroatoms. The molecule has 0 fully saturated rings. The number of aromatic nitrogens is 3. The number of nitro groups is 1. The first-order valence-corrected chi connectivity index (χ1v) is 4.72. The van der Waals surface area contributed by atoms with Gasteiger partial charge in [0.15, 0.2) is 0 Å². The zero-order chi connectivity index (χ0) is 12.6. The fraction of sp³-hybridized carbons (Fsp3) is 0.200. The molecule has 0 aliphatic rings. The maximum atomic E-state index is 11.7. The lowest BCUT2D eigenvalue weighted by atomic mass is 10.4. The van der Waals surface area contributed by atoms with Crippen LogP contribution in [0.2, 0.25) is 0 Å². The molecule has 0 bridgehead atoms. The summed E-state index contributed by atoms with van der Waals surface area (Å²) >= 11 is 0. The highest BCUT2D eigenvalue weighted by Gasteiger charge is 2.18. The van der Waals surface area contributed by atoms with E-state index in [0.717, 1.165) is 10.7 Å². The van der Waals surface area contributed by atoms with Crippen LogP contribution < -0.4 is 5.56 Å². The summed E-state index contributed by atoms with van der Waals surface area (Å²) in [5, 5.41) is 14.6. The zero-order valence-electron chi connectivity index (χ0n) is 8.95. The molecule has 17 heavy (non-hydrogen) atoms. The third-order valence-corrected chi connectivity index (χ3v) is 2.25. The highest BCUT2D eigenvalue weighted by molar-refractivity contribution is 5.44. The van der Waals surface area contributed by atoms with Crippen LogP contribution in [0.3, 0.4) is 0 Å². The van der Waals surface area contributed by atoms with E-state index >= 15 is 0 Å². The molecule has 0 saturated heterocycles. The lowest BCUT2D eigenvalue weighted by Gasteiger charge is -2.03. The minimum Gasteiger partial charge on any atom is -0.314 e. The Morgan fingerprint density at radius 2 is 2.35 bits per heavy atom. The van der Waals surface area contributed by atoms with Gasteiger partial charge in [-0.3, -0.25) is 14.9 Å². The maximum absolute atomic E-state index is 11.7. The van der Waals surface area contributed by atoms with Gasteiger partial charge in [0.1, 0.15) is 5.65 Å². The molecular weight excluding hydrogens is 224 g/mol. The molecule has 0 N–H and O–H groups in total. The third-order valence-electron chi connectivity index (χ3n) is 2.25. The first-order valence-electron chi connectivity index (χ1n) is 4.72. The van der Waals surface area contributed by atoms with Gasteiger partial charge in [-0.05, 0) is 6.92 Å². The van der Waals surface area contributed by atoms with E-state index < -0.39 is 16.2 Å². The first-order chi connectivity index (χ1) is 8.04. The van der Waals surface area contributed by atoms with Gasteiger partial charge in [0, 0.05) is 6.07 Å². The fourth-order valence-corrected chi connectivity index (χ4v) is 1.57. The van der Waals surface area contributed by atoms with Gasteiger partial charge < -0.3 is 4.57 Å². The van der Waals surface area contributed by atoms with Crippen LogP contribution >= 0.6 is 0 Å². The summed E-state index contributed by atoms with van der Waals surface area (Å²) in [6.45, 7) is 1.83. The van der Waals surface area contributed by atoms with E-state index in [1.807, 2.05) is 0 Å². The van der Waals surface area contributed by atoms with Crippen LogP contribution in [0.25, 0.3) is 5.65 Å². The van der Waals surface area contributed by atoms with Crippen molar-refractivity contribution >= 4 is 11.3 Å². The van der Waals surface area contributed by atoms with Crippen LogP contribution in [0.15, 0.2) is 17.1 Å². The predicted octanol–water partition coefficient (Wildman–Crippen LogP) is 0.346. The number of fused-ring (bicyclic) bond motifs is 1. The molecule has 0 atom stereocenters. The van der Waals surface area contributed by atoms with Gasteiger partial charge >= 0.3 is 11.2 Å². The molecule has 0 aromatic carbocycles. The smallest absolute Gasteiger partial charge is 0.314 e. The van der Waals surface area contributed by atoms with Crippen molar-refractivity contribution < 1.29 is 4.92 Å². The molecule has 0 aliphatic carbocycles. The molecule has 0 aliphatic heterocycles. The van der Waals surface area contributed by atoms with E-state index in [9.17, 15) is 14.9 Å². The predicted molar refractivity (Wildman–Crippen MR) is 59.7 cm³/mol. The molecule has 7 nitrogen and oxygen atoms in total. The summed E-state index contributed by atoms with van der Waals surface area (Å²) in [5.41, 5.74) is -0.272. The number of nitrogens with zero attached hydrogens (tertiary/aromatic N) is 4. The number of aryl methyl sites for hydroxylation is 1. The Morgan fingerprint density at radius 3 is 2.94 bits per heavy atom. The van der Waals surface area contributed by atoms with Gasteiger partial charge in [0.25, 0.3) is 0 Å². The fourth-order valence-electron chi connectivity index (χ4n) is 1.57. The summed E-state index contributed by atoms with van der Waals surface area (Å²) in [7, 11) is 0. The van der Waals surface area contributed by atoms with E-state index in [4.69, 9.17) is 6.42 Å². The third kappa shape index (κ3) is 1.65. The molecule has 86 valence electrons. The highest BCUT2D eigenvalue weighted by Crippen LogP contribution is 2.09. The van der Waals surface area contributed by atoms with Crippen molar-refractivity contribution in [1.29, 1.82) is 0 Å². The van der Waals surface area contributed by atoms with E-state index in [1.54, 1.807) is 13.0 Å². The van der Waals surface area contributed by atoms with Crippen molar-refractivity contribution in [1.82, 2.24) is 14.2 Å². The van der Waals surface area contributed by atoms with Crippen LogP contribution in [-0.2, 0) is 6.54 Å². The summed E-state index contributed by atoms with van der Waals surface area (Å²) in [6.07, 6.45) is 6.31. The summed E-state index contributed by atoms with van der Waals surface area (Å²) in [5.74, 6) is 2.37. The molecule has 2 aromatic heterocycles. The molecule has 0 saturated carbocycles. The van der Waals surface area contributed by atoms with Crippen LogP contribution in [0.4, 0.5) is 5.69 Å². The quantitative estimate of drug-likeness (QED) is 0.425.